The summed E-state index contributed by atoms with van der Waals surface area (Å²) in [6.45, 7) is 2.56. The fourth-order valence-electron chi connectivity index (χ4n) is 2.03. The van der Waals surface area contributed by atoms with Crippen LogP contribution in [0.15, 0.2) is 0 Å². The molecule has 4 heteroatoms. The minimum atomic E-state index is -0.587. The minimum absolute atomic E-state index is 0.0875. The smallest absolute Gasteiger partial charge is 0.328 e. The third kappa shape index (κ3) is 1.53. The maximum atomic E-state index is 11.7. The fraction of sp³-hybridized carbons (Fsp3) is 0.900. The molecule has 0 aromatic carbocycles. The lowest BCUT2D eigenvalue weighted by Crippen LogP contribution is -2.58. The molecular weight excluding hydrogens is 182 g/mol. The minimum Gasteiger partial charge on any atom is -0.468 e. The van der Waals surface area contributed by atoms with Crippen LogP contribution in [0.25, 0.3) is 0 Å². The van der Waals surface area contributed by atoms with Crippen molar-refractivity contribution >= 4 is 5.97 Å². The fourth-order valence-corrected chi connectivity index (χ4v) is 2.03. The molecule has 4 nitrogen and oxygen atoms in total. The van der Waals surface area contributed by atoms with Crippen LogP contribution in [0.3, 0.4) is 0 Å². The Hall–Kier alpha value is -0.610. The van der Waals surface area contributed by atoms with Crippen molar-refractivity contribution in [2.45, 2.75) is 43.9 Å². The van der Waals surface area contributed by atoms with E-state index < -0.39 is 5.54 Å². The SMILES string of the molecule is COC(=O)C1(NC2CC2)CCOC1C. The van der Waals surface area contributed by atoms with Crippen LogP contribution < -0.4 is 5.32 Å². The van der Waals surface area contributed by atoms with Crippen LogP contribution in [-0.4, -0.2) is 37.4 Å². The van der Waals surface area contributed by atoms with Crippen LogP contribution in [0.5, 0.6) is 0 Å². The van der Waals surface area contributed by atoms with Gasteiger partial charge in [-0.05, 0) is 19.8 Å². The van der Waals surface area contributed by atoms with Crippen LogP contribution in [0.2, 0.25) is 0 Å². The maximum absolute atomic E-state index is 11.7. The van der Waals surface area contributed by atoms with E-state index >= 15 is 0 Å². The van der Waals surface area contributed by atoms with Crippen molar-refractivity contribution in [3.8, 4) is 0 Å². The van der Waals surface area contributed by atoms with Crippen LogP contribution in [0, 0.1) is 0 Å². The van der Waals surface area contributed by atoms with E-state index in [1.54, 1.807) is 0 Å². The molecule has 2 rings (SSSR count). The number of esters is 1. The summed E-state index contributed by atoms with van der Waals surface area (Å²) >= 11 is 0. The average Bonchev–Trinajstić information content (AvgIpc) is 2.91. The highest BCUT2D eigenvalue weighted by atomic mass is 16.5. The Balaban J connectivity index is 2.13. The number of hydrogen-bond donors (Lipinski definition) is 1. The Morgan fingerprint density at radius 1 is 1.57 bits per heavy atom. The number of methoxy groups -OCH3 is 1. The summed E-state index contributed by atoms with van der Waals surface area (Å²) in [4.78, 5) is 11.7. The van der Waals surface area contributed by atoms with Gasteiger partial charge in [-0.2, -0.15) is 0 Å². The zero-order chi connectivity index (χ0) is 10.2. The van der Waals surface area contributed by atoms with Gasteiger partial charge in [-0.3, -0.25) is 5.32 Å². The van der Waals surface area contributed by atoms with Gasteiger partial charge < -0.3 is 9.47 Å². The molecule has 1 heterocycles. The number of hydrogen-bond acceptors (Lipinski definition) is 4. The first-order valence-electron chi connectivity index (χ1n) is 5.17. The number of carbonyl (C=O) groups is 1. The average molecular weight is 199 g/mol. The van der Waals surface area contributed by atoms with E-state index in [9.17, 15) is 4.79 Å². The Morgan fingerprint density at radius 2 is 2.29 bits per heavy atom. The van der Waals surface area contributed by atoms with Gasteiger partial charge in [0, 0.05) is 19.1 Å². The van der Waals surface area contributed by atoms with E-state index in [0.717, 1.165) is 19.3 Å². The molecule has 14 heavy (non-hydrogen) atoms. The summed E-state index contributed by atoms with van der Waals surface area (Å²) in [6, 6.07) is 0.484. The monoisotopic (exact) mass is 199 g/mol. The van der Waals surface area contributed by atoms with Crippen LogP contribution in [0.1, 0.15) is 26.2 Å². The van der Waals surface area contributed by atoms with Gasteiger partial charge in [0.25, 0.3) is 0 Å². The molecule has 0 aromatic rings. The van der Waals surface area contributed by atoms with Crippen molar-refractivity contribution in [3.63, 3.8) is 0 Å². The normalized spacial score (nSPS) is 37.1. The number of nitrogens with one attached hydrogen (secondary N) is 1. The molecule has 0 amide bonds. The van der Waals surface area contributed by atoms with Crippen LogP contribution in [-0.2, 0) is 14.3 Å². The Morgan fingerprint density at radius 3 is 2.71 bits per heavy atom. The maximum Gasteiger partial charge on any atom is 0.328 e. The van der Waals surface area contributed by atoms with Gasteiger partial charge in [-0.1, -0.05) is 0 Å². The third-order valence-corrected chi connectivity index (χ3v) is 3.15. The molecule has 0 spiro atoms. The predicted molar refractivity (Wildman–Crippen MR) is 50.9 cm³/mol. The quantitative estimate of drug-likeness (QED) is 0.671. The molecule has 0 aromatic heterocycles. The Kier molecular flexibility index (Phi) is 2.49. The van der Waals surface area contributed by atoms with E-state index in [0.29, 0.717) is 12.6 Å². The molecule has 2 fully saturated rings. The molecule has 2 aliphatic rings. The van der Waals surface area contributed by atoms with Crippen molar-refractivity contribution in [1.29, 1.82) is 0 Å². The number of rotatable bonds is 3. The Bertz CT molecular complexity index is 240. The highest BCUT2D eigenvalue weighted by Gasteiger charge is 2.51. The molecule has 2 atom stereocenters. The molecule has 1 saturated carbocycles. The lowest BCUT2D eigenvalue weighted by Gasteiger charge is -2.30. The summed E-state index contributed by atoms with van der Waals surface area (Å²) in [6.07, 6.45) is 2.95. The highest BCUT2D eigenvalue weighted by Crippen LogP contribution is 2.32. The zero-order valence-corrected chi connectivity index (χ0v) is 8.71. The van der Waals surface area contributed by atoms with E-state index in [2.05, 4.69) is 5.32 Å². The molecule has 80 valence electrons. The van der Waals surface area contributed by atoms with Gasteiger partial charge in [-0.25, -0.2) is 4.79 Å². The van der Waals surface area contributed by atoms with Gasteiger partial charge in [0.05, 0.1) is 13.2 Å². The molecular formula is C10H17NO3. The van der Waals surface area contributed by atoms with E-state index in [4.69, 9.17) is 9.47 Å². The molecule has 1 saturated heterocycles. The summed E-state index contributed by atoms with van der Waals surface area (Å²) < 4.78 is 10.3. The second kappa shape index (κ2) is 3.51. The molecule has 1 aliphatic heterocycles. The van der Waals surface area contributed by atoms with Crippen molar-refractivity contribution < 1.29 is 14.3 Å². The lowest BCUT2D eigenvalue weighted by atomic mass is 9.92. The highest BCUT2D eigenvalue weighted by molar-refractivity contribution is 5.82. The number of ether oxygens (including phenoxy) is 2. The zero-order valence-electron chi connectivity index (χ0n) is 8.71. The van der Waals surface area contributed by atoms with E-state index in [1.165, 1.54) is 7.11 Å². The van der Waals surface area contributed by atoms with Gasteiger partial charge >= 0.3 is 5.97 Å². The summed E-state index contributed by atoms with van der Waals surface area (Å²) in [5.74, 6) is -0.186. The summed E-state index contributed by atoms with van der Waals surface area (Å²) in [7, 11) is 1.43. The first-order valence-corrected chi connectivity index (χ1v) is 5.17. The van der Waals surface area contributed by atoms with Crippen molar-refractivity contribution in [1.82, 2.24) is 5.32 Å². The molecule has 0 bridgehead atoms. The first kappa shape index (κ1) is 9.93. The second-order valence-corrected chi connectivity index (χ2v) is 4.14. The van der Waals surface area contributed by atoms with E-state index in [1.807, 2.05) is 6.92 Å². The molecule has 2 unspecified atom stereocenters. The molecule has 0 radical (unpaired) electrons. The first-order chi connectivity index (χ1) is 6.69. The van der Waals surface area contributed by atoms with Crippen molar-refractivity contribution in [2.24, 2.45) is 0 Å². The summed E-state index contributed by atoms with van der Waals surface area (Å²) in [5, 5.41) is 3.37. The van der Waals surface area contributed by atoms with Gasteiger partial charge in [0.1, 0.15) is 5.54 Å². The predicted octanol–water partition coefficient (Wildman–Crippen LogP) is 0.459. The standard InChI is InChI=1S/C10H17NO3/c1-7-10(5-6-14-7,9(12)13-2)11-8-3-4-8/h7-8,11H,3-6H2,1-2H3. The molecule has 1 aliphatic carbocycles. The summed E-state index contributed by atoms with van der Waals surface area (Å²) in [5.41, 5.74) is -0.587. The third-order valence-electron chi connectivity index (χ3n) is 3.15. The topological polar surface area (TPSA) is 47.6 Å². The van der Waals surface area contributed by atoms with Crippen molar-refractivity contribution in [2.75, 3.05) is 13.7 Å². The van der Waals surface area contributed by atoms with Gasteiger partial charge in [0.15, 0.2) is 0 Å². The Labute approximate surface area is 84.0 Å². The van der Waals surface area contributed by atoms with Gasteiger partial charge in [0.2, 0.25) is 0 Å². The van der Waals surface area contributed by atoms with E-state index in [-0.39, 0.29) is 12.1 Å². The molecule has 1 N–H and O–H groups in total. The number of carbonyl (C=O) groups excluding carboxylic acids is 1. The van der Waals surface area contributed by atoms with Crippen molar-refractivity contribution in [3.05, 3.63) is 0 Å². The van der Waals surface area contributed by atoms with Crippen LogP contribution >= 0.6 is 0 Å². The largest absolute Gasteiger partial charge is 0.468 e. The van der Waals surface area contributed by atoms with Gasteiger partial charge in [-0.15, -0.1) is 0 Å². The lowest BCUT2D eigenvalue weighted by molar-refractivity contribution is -0.150. The van der Waals surface area contributed by atoms with Crippen LogP contribution in [0.4, 0.5) is 0 Å². The second-order valence-electron chi connectivity index (χ2n) is 4.14.